The predicted molar refractivity (Wildman–Crippen MR) is 142 cm³/mol. The highest BCUT2D eigenvalue weighted by atomic mass is 19.1. The number of benzene rings is 2. The average Bonchev–Trinajstić information content (AvgIpc) is 3.05. The largest absolute Gasteiger partial charge is 0.444 e. The number of hydrogen-bond acceptors (Lipinski definition) is 5. The summed E-state index contributed by atoms with van der Waals surface area (Å²) < 4.78 is 23.6. The van der Waals surface area contributed by atoms with Crippen LogP contribution in [0.4, 0.5) is 9.18 Å². The second-order valence-corrected chi connectivity index (χ2v) is 9.82. The summed E-state index contributed by atoms with van der Waals surface area (Å²) in [5.41, 5.74) is 2.82. The molecule has 1 N–H and O–H groups in total. The molecule has 0 saturated carbocycles. The molecule has 204 valence electrons. The summed E-state index contributed by atoms with van der Waals surface area (Å²) in [5.74, 6) is -0.259. The topological polar surface area (TPSA) is 79.3 Å². The van der Waals surface area contributed by atoms with Crippen LogP contribution in [0.2, 0.25) is 0 Å². The van der Waals surface area contributed by atoms with Crippen molar-refractivity contribution < 1.29 is 28.6 Å². The fraction of sp³-hybridized carbons (Fsp3) is 0.517. The van der Waals surface area contributed by atoms with Gasteiger partial charge < -0.3 is 24.4 Å². The Morgan fingerprint density at radius 1 is 1.11 bits per heavy atom. The Labute approximate surface area is 220 Å². The van der Waals surface area contributed by atoms with E-state index < -0.39 is 17.8 Å². The summed E-state index contributed by atoms with van der Waals surface area (Å²) in [6, 6.07) is 14.4. The van der Waals surface area contributed by atoms with E-state index in [0.29, 0.717) is 19.7 Å². The molecule has 1 fully saturated rings. The van der Waals surface area contributed by atoms with Gasteiger partial charge in [0, 0.05) is 13.1 Å². The number of fused-ring (bicyclic) bond motifs is 1. The van der Waals surface area contributed by atoms with Crippen molar-refractivity contribution in [1.82, 2.24) is 9.80 Å². The Hall–Kier alpha value is -2.97. The number of amides is 2. The number of aliphatic hydroxyl groups is 1. The van der Waals surface area contributed by atoms with Gasteiger partial charge in [0.25, 0.3) is 0 Å². The van der Waals surface area contributed by atoms with E-state index in [4.69, 9.17) is 9.47 Å². The van der Waals surface area contributed by atoms with E-state index in [0.717, 1.165) is 24.0 Å². The second-order valence-electron chi connectivity index (χ2n) is 9.82. The summed E-state index contributed by atoms with van der Waals surface area (Å²) in [6.45, 7) is 13.1. The molecule has 2 heterocycles. The Bertz CT molecular complexity index is 993. The lowest BCUT2D eigenvalue weighted by Gasteiger charge is -2.35. The van der Waals surface area contributed by atoms with Crippen LogP contribution in [0.15, 0.2) is 48.5 Å². The molecule has 0 radical (unpaired) electrons. The van der Waals surface area contributed by atoms with Crippen molar-refractivity contribution in [2.45, 2.75) is 71.8 Å². The minimum Gasteiger partial charge on any atom is -0.444 e. The molecular formula is C29H41FN2O5. The number of nitrogens with zero attached hydrogens (tertiary/aromatic N) is 2. The molecule has 2 amide bonds. The zero-order valence-corrected chi connectivity index (χ0v) is 22.8. The maximum atomic E-state index is 13.0. The van der Waals surface area contributed by atoms with Crippen LogP contribution in [0.5, 0.6) is 0 Å². The van der Waals surface area contributed by atoms with Gasteiger partial charge in [-0.25, -0.2) is 9.18 Å². The van der Waals surface area contributed by atoms with E-state index >= 15 is 0 Å². The third-order valence-corrected chi connectivity index (χ3v) is 5.98. The highest BCUT2D eigenvalue weighted by Gasteiger charge is 2.29. The van der Waals surface area contributed by atoms with Crippen LogP contribution in [0, 0.1) is 5.82 Å². The van der Waals surface area contributed by atoms with Crippen LogP contribution < -0.4 is 0 Å². The van der Waals surface area contributed by atoms with Gasteiger partial charge in [-0.3, -0.25) is 4.79 Å². The van der Waals surface area contributed by atoms with Crippen LogP contribution in [0.3, 0.4) is 0 Å². The average molecular weight is 517 g/mol. The quantitative estimate of drug-likeness (QED) is 0.571. The van der Waals surface area contributed by atoms with Gasteiger partial charge in [-0.2, -0.15) is 0 Å². The van der Waals surface area contributed by atoms with Crippen LogP contribution in [0.1, 0.15) is 64.3 Å². The summed E-state index contributed by atoms with van der Waals surface area (Å²) in [6.07, 6.45) is 0.447. The Morgan fingerprint density at radius 2 is 1.76 bits per heavy atom. The first kappa shape index (κ1) is 30.3. The molecule has 4 rings (SSSR count). The first-order valence-electron chi connectivity index (χ1n) is 12.9. The molecule has 2 aliphatic heterocycles. The van der Waals surface area contributed by atoms with E-state index in [2.05, 4.69) is 6.07 Å². The summed E-state index contributed by atoms with van der Waals surface area (Å²) in [5, 5.41) is 9.70. The SMILES string of the molecule is CC.C[C@@H]1OCCN(C(=O)OC(C)(C)C)C[C@@H]1O.O=CN1CCc2ccccc2[C@@H]1c1ccc(F)cc1. The second kappa shape index (κ2) is 14.1. The molecule has 8 heteroatoms. The van der Waals surface area contributed by atoms with Crippen molar-refractivity contribution in [1.29, 1.82) is 0 Å². The fourth-order valence-corrected chi connectivity index (χ4v) is 4.13. The number of hydrogen-bond donors (Lipinski definition) is 1. The number of rotatable bonds is 2. The van der Waals surface area contributed by atoms with Crippen molar-refractivity contribution in [3.05, 3.63) is 71.0 Å². The number of halogens is 1. The zero-order valence-electron chi connectivity index (χ0n) is 22.8. The lowest BCUT2D eigenvalue weighted by Crippen LogP contribution is -2.42. The van der Waals surface area contributed by atoms with Crippen molar-refractivity contribution in [3.8, 4) is 0 Å². The van der Waals surface area contributed by atoms with Gasteiger partial charge in [0.1, 0.15) is 11.4 Å². The summed E-state index contributed by atoms with van der Waals surface area (Å²) >= 11 is 0. The highest BCUT2D eigenvalue weighted by molar-refractivity contribution is 5.68. The van der Waals surface area contributed by atoms with Crippen LogP contribution in [0.25, 0.3) is 0 Å². The summed E-state index contributed by atoms with van der Waals surface area (Å²) in [4.78, 5) is 26.3. The van der Waals surface area contributed by atoms with E-state index in [1.165, 1.54) is 22.6 Å². The number of carbonyl (C=O) groups excluding carboxylic acids is 2. The minimum atomic E-state index is -0.657. The van der Waals surface area contributed by atoms with E-state index in [1.807, 2.05) is 52.8 Å². The predicted octanol–water partition coefficient (Wildman–Crippen LogP) is 4.96. The van der Waals surface area contributed by atoms with E-state index in [9.17, 15) is 19.1 Å². The Morgan fingerprint density at radius 3 is 2.38 bits per heavy atom. The van der Waals surface area contributed by atoms with Gasteiger partial charge in [0.15, 0.2) is 0 Å². The molecule has 7 nitrogen and oxygen atoms in total. The first-order chi connectivity index (χ1) is 17.6. The molecule has 0 aromatic heterocycles. The number of ether oxygens (including phenoxy) is 2. The third kappa shape index (κ3) is 8.83. The molecule has 0 unspecified atom stereocenters. The first-order valence-corrected chi connectivity index (χ1v) is 12.9. The van der Waals surface area contributed by atoms with Gasteiger partial charge in [0.2, 0.25) is 6.41 Å². The lowest BCUT2D eigenvalue weighted by atomic mass is 9.88. The van der Waals surface area contributed by atoms with E-state index in [-0.39, 0.29) is 24.5 Å². The van der Waals surface area contributed by atoms with Crippen LogP contribution >= 0.6 is 0 Å². The number of aliphatic hydroxyl groups excluding tert-OH is 1. The minimum absolute atomic E-state index is 0.108. The van der Waals surface area contributed by atoms with Crippen LogP contribution in [-0.4, -0.2) is 71.5 Å². The van der Waals surface area contributed by atoms with Crippen LogP contribution in [-0.2, 0) is 20.7 Å². The number of carbonyl (C=O) groups is 2. The van der Waals surface area contributed by atoms with Crippen molar-refractivity contribution in [3.63, 3.8) is 0 Å². The van der Waals surface area contributed by atoms with E-state index in [1.54, 1.807) is 24.0 Å². The molecule has 1 saturated heterocycles. The maximum Gasteiger partial charge on any atom is 0.410 e. The zero-order chi connectivity index (χ0) is 27.6. The van der Waals surface area contributed by atoms with Crippen molar-refractivity contribution in [2.75, 3.05) is 26.2 Å². The molecule has 0 aliphatic carbocycles. The van der Waals surface area contributed by atoms with Gasteiger partial charge >= 0.3 is 6.09 Å². The fourth-order valence-electron chi connectivity index (χ4n) is 4.13. The van der Waals surface area contributed by atoms with Gasteiger partial charge in [-0.15, -0.1) is 0 Å². The normalized spacial score (nSPS) is 21.2. The molecule has 37 heavy (non-hydrogen) atoms. The molecule has 2 aromatic rings. The lowest BCUT2D eigenvalue weighted by molar-refractivity contribution is -0.119. The molecule has 2 aliphatic rings. The maximum absolute atomic E-state index is 13.0. The molecular weight excluding hydrogens is 475 g/mol. The summed E-state index contributed by atoms with van der Waals surface area (Å²) in [7, 11) is 0. The monoisotopic (exact) mass is 516 g/mol. The smallest absolute Gasteiger partial charge is 0.410 e. The number of β-amino-alcohol motifs (C(OH)–C–C–N with tert-alkyl or cyclic N) is 1. The Kier molecular flexibility index (Phi) is 11.5. The molecule has 3 atom stereocenters. The third-order valence-electron chi connectivity index (χ3n) is 5.98. The van der Waals surface area contributed by atoms with Gasteiger partial charge in [-0.05, 0) is 62.9 Å². The standard InChI is InChI=1S/C16H14FNO.C11H21NO4.C2H6/c17-14-7-5-13(6-8-14)16-15-4-2-1-3-12(15)9-10-18(16)11-19;1-8-9(13)7-12(5-6-15-8)10(14)16-11(2,3)4;1-2/h1-8,11,16H,9-10H2;8-9,13H,5-7H2,1-4H3;1-2H3/t16-;8-,9-;/m00./s1. The highest BCUT2D eigenvalue weighted by Crippen LogP contribution is 2.34. The van der Waals surface area contributed by atoms with Gasteiger partial charge in [0.05, 0.1) is 31.4 Å². The van der Waals surface area contributed by atoms with Crippen molar-refractivity contribution in [2.24, 2.45) is 0 Å². The Balaban J connectivity index is 0.000000248. The molecule has 0 spiro atoms. The van der Waals surface area contributed by atoms with Crippen molar-refractivity contribution >= 4 is 12.5 Å². The molecule has 2 aromatic carbocycles. The molecule has 0 bridgehead atoms. The van der Waals surface area contributed by atoms with Gasteiger partial charge in [-0.1, -0.05) is 50.2 Å².